The molecular formula is C19H29ClN2O. The molecule has 3 rings (SSSR count). The van der Waals surface area contributed by atoms with Crippen LogP contribution in [0.15, 0.2) is 24.3 Å². The van der Waals surface area contributed by atoms with Crippen LogP contribution in [0.5, 0.6) is 0 Å². The molecule has 1 aliphatic heterocycles. The van der Waals surface area contributed by atoms with Crippen molar-refractivity contribution in [3.8, 4) is 0 Å². The maximum atomic E-state index is 9.69. The lowest BCUT2D eigenvalue weighted by Gasteiger charge is -2.38. The molecule has 2 fully saturated rings. The highest BCUT2D eigenvalue weighted by atomic mass is 35.5. The van der Waals surface area contributed by atoms with Gasteiger partial charge in [-0.3, -0.25) is 4.90 Å². The largest absolute Gasteiger partial charge is 0.396 e. The lowest BCUT2D eigenvalue weighted by Crippen LogP contribution is -2.50. The molecular weight excluding hydrogens is 308 g/mol. The number of hydrogen-bond donors (Lipinski definition) is 2. The summed E-state index contributed by atoms with van der Waals surface area (Å²) in [6.45, 7) is 5.83. The molecule has 3 nitrogen and oxygen atoms in total. The third-order valence-electron chi connectivity index (χ3n) is 5.79. The number of benzene rings is 1. The summed E-state index contributed by atoms with van der Waals surface area (Å²) >= 11 is 5.95. The Morgan fingerprint density at radius 1 is 1.22 bits per heavy atom. The van der Waals surface area contributed by atoms with Crippen LogP contribution in [-0.4, -0.2) is 41.8 Å². The van der Waals surface area contributed by atoms with Crippen LogP contribution in [0.25, 0.3) is 0 Å². The van der Waals surface area contributed by atoms with Crippen molar-refractivity contribution in [2.24, 2.45) is 5.41 Å². The summed E-state index contributed by atoms with van der Waals surface area (Å²) < 4.78 is 0. The van der Waals surface area contributed by atoms with Gasteiger partial charge < -0.3 is 10.4 Å². The van der Waals surface area contributed by atoms with Crippen molar-refractivity contribution >= 4 is 11.6 Å². The SMILES string of the molecule is CC1(CO)CCCC1NC1CCN(Cc2ccc(Cl)cc2)CC1. The predicted molar refractivity (Wildman–Crippen MR) is 95.7 cm³/mol. The molecule has 0 spiro atoms. The topological polar surface area (TPSA) is 35.5 Å². The fraction of sp³-hybridized carbons (Fsp3) is 0.684. The first-order valence-electron chi connectivity index (χ1n) is 8.93. The molecule has 0 aromatic heterocycles. The fourth-order valence-electron chi connectivity index (χ4n) is 4.10. The number of nitrogens with zero attached hydrogens (tertiary/aromatic N) is 1. The second-order valence-electron chi connectivity index (χ2n) is 7.60. The van der Waals surface area contributed by atoms with E-state index >= 15 is 0 Å². The van der Waals surface area contributed by atoms with E-state index in [9.17, 15) is 5.11 Å². The quantitative estimate of drug-likeness (QED) is 0.864. The summed E-state index contributed by atoms with van der Waals surface area (Å²) in [5, 5.41) is 14.3. The highest BCUT2D eigenvalue weighted by molar-refractivity contribution is 6.30. The Morgan fingerprint density at radius 2 is 1.91 bits per heavy atom. The van der Waals surface area contributed by atoms with Crippen LogP contribution >= 0.6 is 11.6 Å². The molecule has 0 bridgehead atoms. The van der Waals surface area contributed by atoms with E-state index in [-0.39, 0.29) is 5.41 Å². The molecule has 1 aromatic carbocycles. The molecule has 2 atom stereocenters. The number of likely N-dealkylation sites (tertiary alicyclic amines) is 1. The van der Waals surface area contributed by atoms with Gasteiger partial charge in [-0.05, 0) is 56.5 Å². The molecule has 1 aliphatic carbocycles. The van der Waals surface area contributed by atoms with Crippen molar-refractivity contribution in [1.29, 1.82) is 0 Å². The molecule has 128 valence electrons. The maximum absolute atomic E-state index is 9.69. The monoisotopic (exact) mass is 336 g/mol. The van der Waals surface area contributed by atoms with Gasteiger partial charge in [0.25, 0.3) is 0 Å². The second-order valence-corrected chi connectivity index (χ2v) is 8.04. The van der Waals surface area contributed by atoms with Crippen molar-refractivity contribution in [3.63, 3.8) is 0 Å². The Bertz CT molecular complexity index is 499. The van der Waals surface area contributed by atoms with E-state index in [0.29, 0.717) is 18.7 Å². The van der Waals surface area contributed by atoms with Gasteiger partial charge in [0.15, 0.2) is 0 Å². The second kappa shape index (κ2) is 7.52. The summed E-state index contributed by atoms with van der Waals surface area (Å²) in [5.74, 6) is 0. The van der Waals surface area contributed by atoms with Gasteiger partial charge >= 0.3 is 0 Å². The smallest absolute Gasteiger partial charge is 0.0499 e. The van der Waals surface area contributed by atoms with E-state index in [0.717, 1.165) is 31.1 Å². The van der Waals surface area contributed by atoms with Crippen LogP contribution in [0.4, 0.5) is 0 Å². The first kappa shape index (κ1) is 17.2. The van der Waals surface area contributed by atoms with E-state index < -0.39 is 0 Å². The number of hydrogen-bond acceptors (Lipinski definition) is 3. The zero-order valence-corrected chi connectivity index (χ0v) is 14.9. The highest BCUT2D eigenvalue weighted by Gasteiger charge is 2.39. The average molecular weight is 337 g/mol. The Balaban J connectivity index is 1.46. The molecule has 0 amide bonds. The molecule has 23 heavy (non-hydrogen) atoms. The van der Waals surface area contributed by atoms with E-state index in [1.807, 2.05) is 12.1 Å². The number of aliphatic hydroxyl groups is 1. The highest BCUT2D eigenvalue weighted by Crippen LogP contribution is 2.38. The normalized spacial score (nSPS) is 30.0. The van der Waals surface area contributed by atoms with Gasteiger partial charge in [-0.15, -0.1) is 0 Å². The van der Waals surface area contributed by atoms with Gasteiger partial charge in [0.05, 0.1) is 0 Å². The zero-order valence-electron chi connectivity index (χ0n) is 14.1. The van der Waals surface area contributed by atoms with Crippen molar-refractivity contribution < 1.29 is 5.11 Å². The van der Waals surface area contributed by atoms with Gasteiger partial charge in [0, 0.05) is 35.7 Å². The van der Waals surface area contributed by atoms with Crippen LogP contribution in [0.3, 0.4) is 0 Å². The zero-order chi connectivity index (χ0) is 16.3. The summed E-state index contributed by atoms with van der Waals surface area (Å²) in [6.07, 6.45) is 6.00. The fourth-order valence-corrected chi connectivity index (χ4v) is 4.22. The Morgan fingerprint density at radius 3 is 2.57 bits per heavy atom. The lowest BCUT2D eigenvalue weighted by molar-refractivity contribution is 0.102. The first-order valence-corrected chi connectivity index (χ1v) is 9.30. The molecule has 1 heterocycles. The van der Waals surface area contributed by atoms with Gasteiger partial charge in [0.2, 0.25) is 0 Å². The van der Waals surface area contributed by atoms with Crippen LogP contribution in [0.2, 0.25) is 5.02 Å². The number of nitrogens with one attached hydrogen (secondary N) is 1. The minimum absolute atomic E-state index is 0.0838. The van der Waals surface area contributed by atoms with Crippen molar-refractivity contribution in [1.82, 2.24) is 10.2 Å². The van der Waals surface area contributed by atoms with E-state index in [1.165, 1.54) is 31.2 Å². The maximum Gasteiger partial charge on any atom is 0.0499 e. The Labute approximate surface area is 145 Å². The first-order chi connectivity index (χ1) is 11.1. The van der Waals surface area contributed by atoms with E-state index in [1.54, 1.807) is 0 Å². The molecule has 1 aromatic rings. The third-order valence-corrected chi connectivity index (χ3v) is 6.04. The Kier molecular flexibility index (Phi) is 5.63. The predicted octanol–water partition coefficient (Wildman–Crippen LogP) is 3.45. The van der Waals surface area contributed by atoms with Crippen LogP contribution < -0.4 is 5.32 Å². The lowest BCUT2D eigenvalue weighted by atomic mass is 9.85. The molecule has 0 radical (unpaired) electrons. The molecule has 1 saturated carbocycles. The number of halogens is 1. The molecule has 2 aliphatic rings. The third kappa shape index (κ3) is 4.27. The van der Waals surface area contributed by atoms with Gasteiger partial charge in [-0.1, -0.05) is 37.1 Å². The van der Waals surface area contributed by atoms with Crippen molar-refractivity contribution in [2.75, 3.05) is 19.7 Å². The molecule has 4 heteroatoms. The summed E-state index contributed by atoms with van der Waals surface area (Å²) in [4.78, 5) is 2.53. The van der Waals surface area contributed by atoms with Crippen molar-refractivity contribution in [3.05, 3.63) is 34.9 Å². The number of aliphatic hydroxyl groups excluding tert-OH is 1. The van der Waals surface area contributed by atoms with E-state index in [2.05, 4.69) is 29.3 Å². The minimum Gasteiger partial charge on any atom is -0.396 e. The molecule has 2 N–H and O–H groups in total. The standard InChI is InChI=1S/C19H29ClN2O/c1-19(14-23)10-2-3-18(19)21-17-8-11-22(12-9-17)13-15-4-6-16(20)7-5-15/h4-7,17-18,21,23H,2-3,8-14H2,1H3. The van der Waals surface area contributed by atoms with Crippen molar-refractivity contribution in [2.45, 2.75) is 57.7 Å². The molecule has 2 unspecified atom stereocenters. The number of piperidine rings is 1. The minimum atomic E-state index is 0.0838. The van der Waals surface area contributed by atoms with Gasteiger partial charge in [-0.2, -0.15) is 0 Å². The van der Waals surface area contributed by atoms with Gasteiger partial charge in [-0.25, -0.2) is 0 Å². The summed E-state index contributed by atoms with van der Waals surface area (Å²) in [5.41, 5.74) is 1.42. The summed E-state index contributed by atoms with van der Waals surface area (Å²) in [6, 6.07) is 9.28. The van der Waals surface area contributed by atoms with Crippen LogP contribution in [0, 0.1) is 5.41 Å². The van der Waals surface area contributed by atoms with Crippen LogP contribution in [-0.2, 0) is 6.54 Å². The van der Waals surface area contributed by atoms with E-state index in [4.69, 9.17) is 11.6 Å². The average Bonchev–Trinajstić information content (AvgIpc) is 2.93. The summed E-state index contributed by atoms with van der Waals surface area (Å²) in [7, 11) is 0. The Hall–Kier alpha value is -0.610. The van der Waals surface area contributed by atoms with Gasteiger partial charge in [0.1, 0.15) is 0 Å². The number of rotatable bonds is 5. The molecule has 1 saturated heterocycles. The van der Waals surface area contributed by atoms with Crippen LogP contribution in [0.1, 0.15) is 44.6 Å².